The van der Waals surface area contributed by atoms with E-state index >= 15 is 0 Å². The van der Waals surface area contributed by atoms with Gasteiger partial charge in [-0.2, -0.15) is 4.31 Å². The van der Waals surface area contributed by atoms with Crippen molar-refractivity contribution < 1.29 is 12.8 Å². The Bertz CT molecular complexity index is 559. The van der Waals surface area contributed by atoms with Crippen molar-refractivity contribution in [2.45, 2.75) is 50.4 Å². The highest BCUT2D eigenvalue weighted by atomic mass is 32.2. The fourth-order valence-electron chi connectivity index (χ4n) is 1.95. The summed E-state index contributed by atoms with van der Waals surface area (Å²) in [7, 11) is -3.60. The number of nitrogens with one attached hydrogen (secondary N) is 1. The fraction of sp³-hybridized carbons (Fsp3) is 0.571. The predicted molar refractivity (Wildman–Crippen MR) is 77.8 cm³/mol. The molecule has 0 amide bonds. The zero-order valence-corrected chi connectivity index (χ0v) is 12.8. The minimum absolute atomic E-state index is 0.000599. The summed E-state index contributed by atoms with van der Waals surface area (Å²) in [6.07, 6.45) is 3.95. The smallest absolute Gasteiger partial charge is 0.276 e. The van der Waals surface area contributed by atoms with Crippen LogP contribution in [-0.2, 0) is 16.6 Å². The highest BCUT2D eigenvalue weighted by molar-refractivity contribution is 7.89. The summed E-state index contributed by atoms with van der Waals surface area (Å²) in [6, 6.07) is 3.66. The van der Waals surface area contributed by atoms with Crippen LogP contribution in [0.15, 0.2) is 34.3 Å². The van der Waals surface area contributed by atoms with Crippen molar-refractivity contribution in [3.63, 3.8) is 0 Å². The second kappa shape index (κ2) is 6.11. The molecule has 2 rings (SSSR count). The second-order valence-corrected chi connectivity index (χ2v) is 7.15. The van der Waals surface area contributed by atoms with Gasteiger partial charge >= 0.3 is 0 Å². The highest BCUT2D eigenvalue weighted by Crippen LogP contribution is 2.23. The first-order valence-corrected chi connectivity index (χ1v) is 8.34. The summed E-state index contributed by atoms with van der Waals surface area (Å²) in [5.74, 6) is 0.651. The van der Waals surface area contributed by atoms with Gasteiger partial charge in [0.05, 0.1) is 6.54 Å². The number of nitrogens with zero attached hydrogens (tertiary/aromatic N) is 1. The molecule has 1 heterocycles. The first-order valence-electron chi connectivity index (χ1n) is 6.90. The molecule has 20 heavy (non-hydrogen) atoms. The van der Waals surface area contributed by atoms with Crippen molar-refractivity contribution in [2.75, 3.05) is 6.54 Å². The zero-order valence-electron chi connectivity index (χ0n) is 12.0. The summed E-state index contributed by atoms with van der Waals surface area (Å²) >= 11 is 0. The third-order valence-corrected chi connectivity index (χ3v) is 5.14. The van der Waals surface area contributed by atoms with Gasteiger partial charge in [-0.15, -0.1) is 6.58 Å². The molecule has 1 fully saturated rings. The Morgan fingerprint density at radius 2 is 2.20 bits per heavy atom. The molecule has 0 atom stereocenters. The minimum Gasteiger partial charge on any atom is -0.447 e. The monoisotopic (exact) mass is 298 g/mol. The summed E-state index contributed by atoms with van der Waals surface area (Å²) in [6.45, 7) is 8.12. The van der Waals surface area contributed by atoms with Crippen LogP contribution in [0.5, 0.6) is 0 Å². The fourth-order valence-corrected chi connectivity index (χ4v) is 3.49. The number of hydrogen-bond acceptors (Lipinski definition) is 4. The summed E-state index contributed by atoms with van der Waals surface area (Å²) in [5.41, 5.74) is 0. The maximum atomic E-state index is 12.5. The predicted octanol–water partition coefficient (Wildman–Crippen LogP) is 2.12. The SMILES string of the molecule is C=CCN(C(C)C)S(=O)(=O)c1ccc(CNC2CC2)o1. The maximum Gasteiger partial charge on any atom is 0.276 e. The number of furan rings is 1. The van der Waals surface area contributed by atoms with E-state index in [1.807, 2.05) is 13.8 Å². The molecule has 1 aliphatic rings. The standard InChI is InChI=1S/C14H22N2O3S/c1-4-9-16(11(2)3)20(17,18)14-8-7-13(19-14)10-15-12-5-6-12/h4,7-8,11-12,15H,1,5-6,9-10H2,2-3H3. The molecule has 0 radical (unpaired) electrons. The second-order valence-electron chi connectivity index (χ2n) is 5.33. The Morgan fingerprint density at radius 3 is 2.75 bits per heavy atom. The van der Waals surface area contributed by atoms with E-state index in [9.17, 15) is 8.42 Å². The Balaban J connectivity index is 2.12. The Morgan fingerprint density at radius 1 is 1.50 bits per heavy atom. The molecule has 1 aliphatic carbocycles. The number of sulfonamides is 1. The largest absolute Gasteiger partial charge is 0.447 e. The van der Waals surface area contributed by atoms with Crippen LogP contribution in [0.3, 0.4) is 0 Å². The molecule has 0 bridgehead atoms. The van der Waals surface area contributed by atoms with E-state index in [1.54, 1.807) is 12.1 Å². The molecule has 1 aromatic rings. The van der Waals surface area contributed by atoms with Gasteiger partial charge in [-0.1, -0.05) is 6.08 Å². The molecule has 6 heteroatoms. The topological polar surface area (TPSA) is 62.6 Å². The molecule has 0 saturated heterocycles. The first kappa shape index (κ1) is 15.3. The maximum absolute atomic E-state index is 12.5. The molecule has 1 saturated carbocycles. The van der Waals surface area contributed by atoms with Gasteiger partial charge in [0.1, 0.15) is 5.76 Å². The van der Waals surface area contributed by atoms with E-state index in [0.717, 1.165) is 0 Å². The summed E-state index contributed by atoms with van der Waals surface area (Å²) in [4.78, 5) is 0. The quantitative estimate of drug-likeness (QED) is 0.747. The lowest BCUT2D eigenvalue weighted by Gasteiger charge is -2.23. The molecule has 112 valence electrons. The van der Waals surface area contributed by atoms with Gasteiger partial charge in [0.2, 0.25) is 5.09 Å². The molecule has 1 aromatic heterocycles. The van der Waals surface area contributed by atoms with Gasteiger partial charge in [0.15, 0.2) is 0 Å². The summed E-state index contributed by atoms with van der Waals surface area (Å²) in [5, 5.41) is 3.30. The lowest BCUT2D eigenvalue weighted by atomic mass is 10.4. The van der Waals surface area contributed by atoms with Crippen molar-refractivity contribution in [2.24, 2.45) is 0 Å². The summed E-state index contributed by atoms with van der Waals surface area (Å²) < 4.78 is 31.8. The highest BCUT2D eigenvalue weighted by Gasteiger charge is 2.29. The van der Waals surface area contributed by atoms with E-state index < -0.39 is 10.0 Å². The lowest BCUT2D eigenvalue weighted by molar-refractivity contribution is 0.347. The molecule has 5 nitrogen and oxygen atoms in total. The molecule has 0 aromatic carbocycles. The molecule has 0 unspecified atom stereocenters. The van der Waals surface area contributed by atoms with E-state index in [0.29, 0.717) is 18.3 Å². The van der Waals surface area contributed by atoms with Crippen LogP contribution in [0.1, 0.15) is 32.4 Å². The van der Waals surface area contributed by atoms with Crippen LogP contribution in [0.25, 0.3) is 0 Å². The Hall–Kier alpha value is -1.11. The van der Waals surface area contributed by atoms with Crippen molar-refractivity contribution >= 4 is 10.0 Å². The normalized spacial score (nSPS) is 16.0. The van der Waals surface area contributed by atoms with Crippen molar-refractivity contribution in [3.05, 3.63) is 30.5 Å². The van der Waals surface area contributed by atoms with Crippen LogP contribution in [-0.4, -0.2) is 31.4 Å². The number of hydrogen-bond donors (Lipinski definition) is 1. The molecule has 0 aliphatic heterocycles. The molecular weight excluding hydrogens is 276 g/mol. The van der Waals surface area contributed by atoms with Gasteiger partial charge in [0, 0.05) is 18.6 Å². The third kappa shape index (κ3) is 3.50. The van der Waals surface area contributed by atoms with Gasteiger partial charge in [-0.25, -0.2) is 8.42 Å². The first-order chi connectivity index (χ1) is 9.45. The minimum atomic E-state index is -3.60. The van der Waals surface area contributed by atoms with Crippen LogP contribution >= 0.6 is 0 Å². The van der Waals surface area contributed by atoms with Gasteiger partial charge in [0.25, 0.3) is 10.0 Å². The van der Waals surface area contributed by atoms with Crippen LogP contribution in [0.4, 0.5) is 0 Å². The van der Waals surface area contributed by atoms with Crippen LogP contribution in [0, 0.1) is 0 Å². The van der Waals surface area contributed by atoms with Crippen LogP contribution < -0.4 is 5.32 Å². The van der Waals surface area contributed by atoms with Gasteiger partial charge in [-0.3, -0.25) is 0 Å². The van der Waals surface area contributed by atoms with E-state index in [-0.39, 0.29) is 17.7 Å². The van der Waals surface area contributed by atoms with Gasteiger partial charge < -0.3 is 9.73 Å². The van der Waals surface area contributed by atoms with E-state index in [1.165, 1.54) is 23.2 Å². The Labute approximate surface area is 120 Å². The third-order valence-electron chi connectivity index (χ3n) is 3.23. The molecule has 0 spiro atoms. The van der Waals surface area contributed by atoms with Crippen molar-refractivity contribution in [1.29, 1.82) is 0 Å². The molecule has 1 N–H and O–H groups in total. The lowest BCUT2D eigenvalue weighted by Crippen LogP contribution is -2.36. The van der Waals surface area contributed by atoms with Crippen molar-refractivity contribution in [3.8, 4) is 0 Å². The molecular formula is C14H22N2O3S. The van der Waals surface area contributed by atoms with Crippen LogP contribution in [0.2, 0.25) is 0 Å². The van der Waals surface area contributed by atoms with E-state index in [2.05, 4.69) is 11.9 Å². The Kier molecular flexibility index (Phi) is 4.67. The van der Waals surface area contributed by atoms with Crippen molar-refractivity contribution in [1.82, 2.24) is 9.62 Å². The average Bonchev–Trinajstić information content (AvgIpc) is 3.09. The van der Waals surface area contributed by atoms with E-state index in [4.69, 9.17) is 4.42 Å². The van der Waals surface area contributed by atoms with Gasteiger partial charge in [-0.05, 0) is 38.8 Å². The zero-order chi connectivity index (χ0) is 14.8. The number of rotatable bonds is 8. The average molecular weight is 298 g/mol.